The molecular formula is C13H27NO2. The average molecular weight is 229 g/mol. The highest BCUT2D eigenvalue weighted by atomic mass is 17.2. The Morgan fingerprint density at radius 3 is 2.06 bits per heavy atom. The summed E-state index contributed by atoms with van der Waals surface area (Å²) in [5, 5.41) is 0. The highest BCUT2D eigenvalue weighted by Gasteiger charge is 2.42. The van der Waals surface area contributed by atoms with Crippen LogP contribution in [0.1, 0.15) is 47.0 Å². The standard InChI is InChI=1S/C13H27NO2/c1-12(2)9-11(7-8-16-15-6)10-13(3,4)14(12)5/h11H,7-10H2,1-6H3. The van der Waals surface area contributed by atoms with E-state index in [0.717, 1.165) is 12.3 Å². The predicted molar refractivity (Wildman–Crippen MR) is 66.2 cm³/mol. The van der Waals surface area contributed by atoms with Gasteiger partial charge in [0.1, 0.15) is 0 Å². The van der Waals surface area contributed by atoms with Crippen LogP contribution in [0.2, 0.25) is 0 Å². The smallest absolute Gasteiger partial charge is 0.0824 e. The normalized spacial score (nSPS) is 25.9. The zero-order chi connectivity index (χ0) is 12.4. The third-order valence-corrected chi connectivity index (χ3v) is 4.12. The summed E-state index contributed by atoms with van der Waals surface area (Å²) in [6, 6.07) is 0. The highest BCUT2D eigenvalue weighted by molar-refractivity contribution is 4.98. The van der Waals surface area contributed by atoms with Crippen molar-refractivity contribution in [2.24, 2.45) is 5.92 Å². The monoisotopic (exact) mass is 229 g/mol. The van der Waals surface area contributed by atoms with Gasteiger partial charge in [0.2, 0.25) is 0 Å². The minimum atomic E-state index is 0.277. The van der Waals surface area contributed by atoms with Crippen molar-refractivity contribution in [2.45, 2.75) is 58.0 Å². The molecule has 1 saturated heterocycles. The van der Waals surface area contributed by atoms with Crippen LogP contribution < -0.4 is 0 Å². The number of likely N-dealkylation sites (tertiary alicyclic amines) is 1. The van der Waals surface area contributed by atoms with Crippen molar-refractivity contribution in [2.75, 3.05) is 20.8 Å². The van der Waals surface area contributed by atoms with Gasteiger partial charge in [-0.3, -0.25) is 4.90 Å². The van der Waals surface area contributed by atoms with Crippen LogP contribution in [0.15, 0.2) is 0 Å². The quantitative estimate of drug-likeness (QED) is 0.420. The molecule has 96 valence electrons. The molecule has 16 heavy (non-hydrogen) atoms. The number of hydrogen-bond acceptors (Lipinski definition) is 3. The van der Waals surface area contributed by atoms with Crippen LogP contribution in [0.25, 0.3) is 0 Å². The van der Waals surface area contributed by atoms with Crippen LogP contribution in [0.3, 0.4) is 0 Å². The first-order chi connectivity index (χ1) is 7.29. The first-order valence-electron chi connectivity index (χ1n) is 6.19. The van der Waals surface area contributed by atoms with E-state index in [-0.39, 0.29) is 11.1 Å². The summed E-state index contributed by atoms with van der Waals surface area (Å²) in [7, 11) is 3.81. The summed E-state index contributed by atoms with van der Waals surface area (Å²) >= 11 is 0. The molecule has 1 aliphatic rings. The molecule has 0 spiro atoms. The zero-order valence-electron chi connectivity index (χ0n) is 11.7. The Morgan fingerprint density at radius 2 is 1.62 bits per heavy atom. The Morgan fingerprint density at radius 1 is 1.12 bits per heavy atom. The molecule has 3 heteroatoms. The summed E-state index contributed by atoms with van der Waals surface area (Å²) in [5.41, 5.74) is 0.555. The fourth-order valence-electron chi connectivity index (χ4n) is 3.08. The molecule has 0 bridgehead atoms. The first kappa shape index (κ1) is 13.9. The Labute approximate surface area is 100 Å². The van der Waals surface area contributed by atoms with Crippen LogP contribution in [0.4, 0.5) is 0 Å². The molecule has 0 atom stereocenters. The molecule has 0 aromatic heterocycles. The number of nitrogens with zero attached hydrogens (tertiary/aromatic N) is 1. The third-order valence-electron chi connectivity index (χ3n) is 4.12. The summed E-state index contributed by atoms with van der Waals surface area (Å²) in [6.07, 6.45) is 3.56. The Balaban J connectivity index is 2.57. The highest BCUT2D eigenvalue weighted by Crippen LogP contribution is 2.41. The van der Waals surface area contributed by atoms with Gasteiger partial charge in [-0.25, -0.2) is 9.78 Å². The van der Waals surface area contributed by atoms with Crippen molar-refractivity contribution in [3.8, 4) is 0 Å². The molecule has 0 aromatic carbocycles. The second-order valence-electron chi connectivity index (χ2n) is 6.24. The van der Waals surface area contributed by atoms with E-state index < -0.39 is 0 Å². The van der Waals surface area contributed by atoms with Crippen LogP contribution >= 0.6 is 0 Å². The summed E-state index contributed by atoms with van der Waals surface area (Å²) in [4.78, 5) is 12.1. The Bertz CT molecular complexity index is 208. The maximum atomic E-state index is 4.99. The summed E-state index contributed by atoms with van der Waals surface area (Å²) in [5.74, 6) is 0.733. The third kappa shape index (κ3) is 3.19. The summed E-state index contributed by atoms with van der Waals surface area (Å²) in [6.45, 7) is 10.0. The minimum Gasteiger partial charge on any atom is -0.296 e. The van der Waals surface area contributed by atoms with Crippen LogP contribution in [-0.2, 0) is 9.78 Å². The van der Waals surface area contributed by atoms with E-state index in [1.807, 2.05) is 0 Å². The molecule has 1 heterocycles. The maximum absolute atomic E-state index is 4.99. The van der Waals surface area contributed by atoms with Crippen LogP contribution in [-0.4, -0.2) is 36.7 Å². The van der Waals surface area contributed by atoms with Gasteiger partial charge in [-0.15, -0.1) is 0 Å². The Kier molecular flexibility index (Phi) is 4.38. The molecule has 0 radical (unpaired) electrons. The molecular weight excluding hydrogens is 202 g/mol. The Hall–Kier alpha value is -0.120. The van der Waals surface area contributed by atoms with Gasteiger partial charge in [-0.05, 0) is 59.9 Å². The van der Waals surface area contributed by atoms with E-state index in [0.29, 0.717) is 6.61 Å². The number of piperidine rings is 1. The van der Waals surface area contributed by atoms with Crippen LogP contribution in [0, 0.1) is 5.92 Å². The van der Waals surface area contributed by atoms with Crippen molar-refractivity contribution in [3.05, 3.63) is 0 Å². The van der Waals surface area contributed by atoms with Crippen molar-refractivity contribution < 1.29 is 9.78 Å². The van der Waals surface area contributed by atoms with Gasteiger partial charge in [0.25, 0.3) is 0 Å². The zero-order valence-corrected chi connectivity index (χ0v) is 11.7. The van der Waals surface area contributed by atoms with E-state index in [2.05, 4.69) is 44.5 Å². The average Bonchev–Trinajstić information content (AvgIpc) is 2.14. The molecule has 1 fully saturated rings. The molecule has 0 aliphatic carbocycles. The number of hydrogen-bond donors (Lipinski definition) is 0. The first-order valence-corrected chi connectivity index (χ1v) is 6.19. The second kappa shape index (κ2) is 5.03. The molecule has 1 aliphatic heterocycles. The lowest BCUT2D eigenvalue weighted by Gasteiger charge is -2.53. The molecule has 0 unspecified atom stereocenters. The van der Waals surface area contributed by atoms with E-state index in [1.54, 1.807) is 7.11 Å². The van der Waals surface area contributed by atoms with E-state index >= 15 is 0 Å². The molecule has 0 amide bonds. The van der Waals surface area contributed by atoms with Gasteiger partial charge in [0.05, 0.1) is 13.7 Å². The van der Waals surface area contributed by atoms with Crippen molar-refractivity contribution >= 4 is 0 Å². The molecule has 1 rings (SSSR count). The summed E-state index contributed by atoms with van der Waals surface area (Å²) < 4.78 is 0. The lowest BCUT2D eigenvalue weighted by molar-refractivity contribution is -0.275. The van der Waals surface area contributed by atoms with Gasteiger partial charge in [-0.2, -0.15) is 0 Å². The fourth-order valence-corrected chi connectivity index (χ4v) is 3.08. The van der Waals surface area contributed by atoms with Crippen molar-refractivity contribution in [1.29, 1.82) is 0 Å². The van der Waals surface area contributed by atoms with Gasteiger partial charge >= 0.3 is 0 Å². The van der Waals surface area contributed by atoms with Crippen molar-refractivity contribution in [3.63, 3.8) is 0 Å². The van der Waals surface area contributed by atoms with E-state index in [4.69, 9.17) is 4.89 Å². The van der Waals surface area contributed by atoms with Crippen LogP contribution in [0.5, 0.6) is 0 Å². The largest absolute Gasteiger partial charge is 0.296 e. The van der Waals surface area contributed by atoms with Crippen molar-refractivity contribution in [1.82, 2.24) is 4.90 Å². The van der Waals surface area contributed by atoms with Gasteiger partial charge < -0.3 is 0 Å². The van der Waals surface area contributed by atoms with E-state index in [9.17, 15) is 0 Å². The lowest BCUT2D eigenvalue weighted by Crippen LogP contribution is -2.58. The molecule has 0 aromatic rings. The lowest BCUT2D eigenvalue weighted by atomic mass is 9.73. The molecule has 0 saturated carbocycles. The van der Waals surface area contributed by atoms with Gasteiger partial charge in [0.15, 0.2) is 0 Å². The molecule has 0 N–H and O–H groups in total. The SMILES string of the molecule is COOCCC1CC(C)(C)N(C)C(C)(C)C1. The minimum absolute atomic E-state index is 0.277. The predicted octanol–water partition coefficient (Wildman–Crippen LogP) is 2.85. The maximum Gasteiger partial charge on any atom is 0.0824 e. The number of rotatable bonds is 4. The van der Waals surface area contributed by atoms with Gasteiger partial charge in [-0.1, -0.05) is 0 Å². The van der Waals surface area contributed by atoms with Gasteiger partial charge in [0, 0.05) is 11.1 Å². The molecule has 3 nitrogen and oxygen atoms in total. The second-order valence-corrected chi connectivity index (χ2v) is 6.24. The topological polar surface area (TPSA) is 21.7 Å². The van der Waals surface area contributed by atoms with E-state index in [1.165, 1.54) is 12.8 Å². The fraction of sp³-hybridized carbons (Fsp3) is 1.00.